The molecule has 3 aromatic rings. The highest BCUT2D eigenvalue weighted by atomic mass is 16.2. The molecule has 0 radical (unpaired) electrons. The van der Waals surface area contributed by atoms with Gasteiger partial charge in [-0.15, -0.1) is 0 Å². The zero-order chi connectivity index (χ0) is 17.1. The molecule has 0 N–H and O–H groups in total. The summed E-state index contributed by atoms with van der Waals surface area (Å²) in [6.45, 7) is 4.88. The van der Waals surface area contributed by atoms with Gasteiger partial charge in [-0.05, 0) is 47.4 Å². The Hall–Kier alpha value is -2.68. The number of amides is 1. The number of carbonyl (C=O) groups is 1. The molecule has 3 heteroatoms. The zero-order valence-corrected chi connectivity index (χ0v) is 14.4. The Morgan fingerprint density at radius 2 is 1.83 bits per heavy atom. The molecule has 3 rings (SSSR count). The largest absolute Gasteiger partial charge is 0.337 e. The van der Waals surface area contributed by atoms with Gasteiger partial charge in [0.25, 0.3) is 5.91 Å². The summed E-state index contributed by atoms with van der Waals surface area (Å²) in [5, 5.41) is 1.09. The molecule has 0 bridgehead atoms. The lowest BCUT2D eigenvalue weighted by Crippen LogP contribution is -2.26. The first kappa shape index (κ1) is 16.2. The van der Waals surface area contributed by atoms with Gasteiger partial charge in [0.2, 0.25) is 0 Å². The first-order chi connectivity index (χ1) is 11.5. The van der Waals surface area contributed by atoms with E-state index in [2.05, 4.69) is 24.9 Å². The number of nitrogens with zero attached hydrogens (tertiary/aromatic N) is 2. The molecule has 0 spiro atoms. The number of rotatable bonds is 4. The third-order valence-electron chi connectivity index (χ3n) is 4.26. The minimum atomic E-state index is 0.0385. The summed E-state index contributed by atoms with van der Waals surface area (Å²) in [7, 11) is 1.84. The molecule has 0 unspecified atom stereocenters. The Bertz CT molecular complexity index is 853. The molecule has 0 saturated carbocycles. The van der Waals surface area contributed by atoms with E-state index in [1.165, 1.54) is 5.56 Å². The SMILES string of the molecule is CC(C)c1ccc(C(=O)N(C)Cc2ccc3ncccc3c2)cc1. The minimum Gasteiger partial charge on any atom is -0.337 e. The van der Waals surface area contributed by atoms with Crippen molar-refractivity contribution in [2.75, 3.05) is 7.05 Å². The van der Waals surface area contributed by atoms with Crippen LogP contribution in [0.4, 0.5) is 0 Å². The quantitative estimate of drug-likeness (QED) is 0.702. The molecular weight excluding hydrogens is 296 g/mol. The van der Waals surface area contributed by atoms with Crippen molar-refractivity contribution in [1.29, 1.82) is 0 Å². The van der Waals surface area contributed by atoms with Crippen molar-refractivity contribution in [1.82, 2.24) is 9.88 Å². The van der Waals surface area contributed by atoms with Crippen molar-refractivity contribution in [2.24, 2.45) is 0 Å². The monoisotopic (exact) mass is 318 g/mol. The summed E-state index contributed by atoms with van der Waals surface area (Å²) in [6, 6.07) is 18.0. The predicted octanol–water partition coefficient (Wildman–Crippen LogP) is 4.63. The second-order valence-electron chi connectivity index (χ2n) is 6.47. The molecular formula is C21H22N2O. The molecule has 122 valence electrons. The normalized spacial score (nSPS) is 11.0. The second-order valence-corrected chi connectivity index (χ2v) is 6.47. The zero-order valence-electron chi connectivity index (χ0n) is 14.4. The molecule has 1 amide bonds. The Balaban J connectivity index is 1.75. The lowest BCUT2D eigenvalue weighted by Gasteiger charge is -2.18. The Morgan fingerprint density at radius 1 is 1.08 bits per heavy atom. The van der Waals surface area contributed by atoms with Crippen molar-refractivity contribution in [3.8, 4) is 0 Å². The van der Waals surface area contributed by atoms with Gasteiger partial charge >= 0.3 is 0 Å². The molecule has 0 fully saturated rings. The van der Waals surface area contributed by atoms with E-state index in [-0.39, 0.29) is 5.91 Å². The molecule has 24 heavy (non-hydrogen) atoms. The van der Waals surface area contributed by atoms with Crippen LogP contribution in [0.15, 0.2) is 60.8 Å². The fourth-order valence-electron chi connectivity index (χ4n) is 2.80. The number of hydrogen-bond acceptors (Lipinski definition) is 2. The van der Waals surface area contributed by atoms with Crippen LogP contribution in [0.1, 0.15) is 41.3 Å². The van der Waals surface area contributed by atoms with Gasteiger partial charge in [-0.2, -0.15) is 0 Å². The van der Waals surface area contributed by atoms with Crippen molar-refractivity contribution in [3.05, 3.63) is 77.5 Å². The summed E-state index contributed by atoms with van der Waals surface area (Å²) in [5.41, 5.74) is 4.05. The van der Waals surface area contributed by atoms with Gasteiger partial charge in [0, 0.05) is 30.7 Å². The molecule has 0 saturated heterocycles. The fourth-order valence-corrected chi connectivity index (χ4v) is 2.80. The van der Waals surface area contributed by atoms with Gasteiger partial charge in [0.15, 0.2) is 0 Å². The van der Waals surface area contributed by atoms with E-state index in [9.17, 15) is 4.79 Å². The maximum atomic E-state index is 12.6. The predicted molar refractivity (Wildman–Crippen MR) is 98.1 cm³/mol. The van der Waals surface area contributed by atoms with Crippen LogP contribution in [0.25, 0.3) is 10.9 Å². The summed E-state index contributed by atoms with van der Waals surface area (Å²) >= 11 is 0. The highest BCUT2D eigenvalue weighted by Gasteiger charge is 2.12. The van der Waals surface area contributed by atoms with Crippen LogP contribution in [-0.2, 0) is 6.54 Å². The van der Waals surface area contributed by atoms with Gasteiger partial charge in [-0.1, -0.05) is 38.1 Å². The minimum absolute atomic E-state index is 0.0385. The molecule has 3 nitrogen and oxygen atoms in total. The molecule has 2 aromatic carbocycles. The maximum absolute atomic E-state index is 12.6. The Morgan fingerprint density at radius 3 is 2.54 bits per heavy atom. The third-order valence-corrected chi connectivity index (χ3v) is 4.26. The standard InChI is InChI=1S/C21H22N2O/c1-15(2)17-7-9-18(10-8-17)21(24)23(3)14-16-6-11-20-19(13-16)5-4-12-22-20/h4-13,15H,14H2,1-3H3. The summed E-state index contributed by atoms with van der Waals surface area (Å²) in [6.07, 6.45) is 1.79. The Labute approximate surface area is 143 Å². The van der Waals surface area contributed by atoms with Crippen LogP contribution >= 0.6 is 0 Å². The first-order valence-corrected chi connectivity index (χ1v) is 8.23. The van der Waals surface area contributed by atoms with E-state index in [1.807, 2.05) is 55.6 Å². The van der Waals surface area contributed by atoms with Crippen molar-refractivity contribution < 1.29 is 4.79 Å². The number of fused-ring (bicyclic) bond motifs is 1. The van der Waals surface area contributed by atoms with E-state index < -0.39 is 0 Å². The van der Waals surface area contributed by atoms with E-state index in [0.29, 0.717) is 12.5 Å². The number of hydrogen-bond donors (Lipinski definition) is 0. The van der Waals surface area contributed by atoms with E-state index >= 15 is 0 Å². The average Bonchev–Trinajstić information content (AvgIpc) is 2.61. The molecule has 1 aromatic heterocycles. The molecule has 0 atom stereocenters. The van der Waals surface area contributed by atoms with Crippen LogP contribution in [0.3, 0.4) is 0 Å². The molecule has 1 heterocycles. The molecule has 0 aliphatic heterocycles. The highest BCUT2D eigenvalue weighted by Crippen LogP contribution is 2.17. The second kappa shape index (κ2) is 6.83. The number of carbonyl (C=O) groups excluding carboxylic acids is 1. The van der Waals surface area contributed by atoms with E-state index in [1.54, 1.807) is 11.1 Å². The number of aromatic nitrogens is 1. The number of benzene rings is 2. The Kier molecular flexibility index (Phi) is 4.61. The maximum Gasteiger partial charge on any atom is 0.253 e. The van der Waals surface area contributed by atoms with Crippen LogP contribution < -0.4 is 0 Å². The van der Waals surface area contributed by atoms with Crippen LogP contribution in [0.2, 0.25) is 0 Å². The summed E-state index contributed by atoms with van der Waals surface area (Å²) < 4.78 is 0. The van der Waals surface area contributed by atoms with E-state index in [4.69, 9.17) is 0 Å². The van der Waals surface area contributed by atoms with Gasteiger partial charge in [-0.25, -0.2) is 0 Å². The average molecular weight is 318 g/mol. The summed E-state index contributed by atoms with van der Waals surface area (Å²) in [4.78, 5) is 18.7. The lowest BCUT2D eigenvalue weighted by atomic mass is 10.0. The number of pyridine rings is 1. The topological polar surface area (TPSA) is 33.2 Å². The molecule has 0 aliphatic carbocycles. The first-order valence-electron chi connectivity index (χ1n) is 8.23. The van der Waals surface area contributed by atoms with E-state index in [0.717, 1.165) is 22.0 Å². The smallest absolute Gasteiger partial charge is 0.253 e. The van der Waals surface area contributed by atoms with Crippen molar-refractivity contribution >= 4 is 16.8 Å². The van der Waals surface area contributed by atoms with Gasteiger partial charge in [-0.3, -0.25) is 9.78 Å². The van der Waals surface area contributed by atoms with Crippen molar-refractivity contribution in [2.45, 2.75) is 26.3 Å². The van der Waals surface area contributed by atoms with Crippen LogP contribution in [0, 0.1) is 0 Å². The molecule has 0 aliphatic rings. The third kappa shape index (κ3) is 3.46. The van der Waals surface area contributed by atoms with Crippen LogP contribution in [0.5, 0.6) is 0 Å². The highest BCUT2D eigenvalue weighted by molar-refractivity contribution is 5.94. The van der Waals surface area contributed by atoms with Crippen molar-refractivity contribution in [3.63, 3.8) is 0 Å². The van der Waals surface area contributed by atoms with Crippen LogP contribution in [-0.4, -0.2) is 22.8 Å². The summed E-state index contributed by atoms with van der Waals surface area (Å²) in [5.74, 6) is 0.509. The van der Waals surface area contributed by atoms with Gasteiger partial charge in [0.05, 0.1) is 5.52 Å². The van der Waals surface area contributed by atoms with Gasteiger partial charge in [0.1, 0.15) is 0 Å². The fraction of sp³-hybridized carbons (Fsp3) is 0.238. The van der Waals surface area contributed by atoms with Gasteiger partial charge < -0.3 is 4.90 Å². The lowest BCUT2D eigenvalue weighted by molar-refractivity contribution is 0.0785.